The largest absolute Gasteiger partial charge is 0.340 e. The Kier molecular flexibility index (Phi) is 2.92. The highest BCUT2D eigenvalue weighted by molar-refractivity contribution is 5.82. The highest BCUT2D eigenvalue weighted by Gasteiger charge is 2.44. The average Bonchev–Trinajstić information content (AvgIpc) is 2.82. The maximum atomic E-state index is 11.4. The van der Waals surface area contributed by atoms with E-state index in [0.717, 1.165) is 6.42 Å². The summed E-state index contributed by atoms with van der Waals surface area (Å²) >= 11 is 0. The van der Waals surface area contributed by atoms with Gasteiger partial charge in [0.15, 0.2) is 0 Å². The first-order chi connectivity index (χ1) is 6.06. The Morgan fingerprint density at radius 2 is 2.15 bits per heavy atom. The molecule has 1 fully saturated rings. The molecule has 1 rings (SSSR count). The minimum Gasteiger partial charge on any atom is -0.340 e. The van der Waals surface area contributed by atoms with E-state index in [0.29, 0.717) is 11.8 Å². The van der Waals surface area contributed by atoms with Gasteiger partial charge in [-0.3, -0.25) is 4.79 Å². The molecule has 0 aromatic heterocycles. The normalized spacial score (nSPS) is 27.9. The molecule has 72 valence electrons. The van der Waals surface area contributed by atoms with Gasteiger partial charge in [-0.05, 0) is 25.2 Å². The zero-order valence-corrected chi connectivity index (χ0v) is 8.37. The van der Waals surface area contributed by atoms with Gasteiger partial charge in [0.25, 0.3) is 0 Å². The standard InChI is InChI=1S/C10H16N2O/c1-6(2)8-4-9(8)10(13)12-7(3)5-11/h6-9H,4H2,1-3H3,(H,12,13). The molecule has 3 nitrogen and oxygen atoms in total. The number of nitriles is 1. The molecule has 1 aliphatic rings. The second kappa shape index (κ2) is 3.78. The van der Waals surface area contributed by atoms with Crippen LogP contribution in [-0.2, 0) is 4.79 Å². The Morgan fingerprint density at radius 3 is 2.54 bits per heavy atom. The quantitative estimate of drug-likeness (QED) is 0.711. The van der Waals surface area contributed by atoms with Crippen LogP contribution in [0.25, 0.3) is 0 Å². The molecule has 0 aromatic rings. The number of hydrogen-bond acceptors (Lipinski definition) is 2. The third kappa shape index (κ3) is 2.45. The van der Waals surface area contributed by atoms with Gasteiger partial charge in [-0.25, -0.2) is 0 Å². The van der Waals surface area contributed by atoms with E-state index >= 15 is 0 Å². The molecule has 0 aliphatic heterocycles. The fourth-order valence-corrected chi connectivity index (χ4v) is 1.61. The van der Waals surface area contributed by atoms with E-state index in [2.05, 4.69) is 19.2 Å². The molecule has 0 bridgehead atoms. The molecule has 1 aliphatic carbocycles. The lowest BCUT2D eigenvalue weighted by Crippen LogP contribution is -2.33. The first kappa shape index (κ1) is 10.0. The van der Waals surface area contributed by atoms with E-state index in [1.807, 2.05) is 6.07 Å². The Morgan fingerprint density at radius 1 is 1.54 bits per heavy atom. The fraction of sp³-hybridized carbons (Fsp3) is 0.800. The lowest BCUT2D eigenvalue weighted by molar-refractivity contribution is -0.123. The van der Waals surface area contributed by atoms with E-state index in [1.54, 1.807) is 6.92 Å². The maximum absolute atomic E-state index is 11.4. The summed E-state index contributed by atoms with van der Waals surface area (Å²) in [4.78, 5) is 11.4. The molecule has 0 spiro atoms. The first-order valence-electron chi connectivity index (χ1n) is 4.76. The van der Waals surface area contributed by atoms with Gasteiger partial charge < -0.3 is 5.32 Å². The minimum atomic E-state index is -0.360. The van der Waals surface area contributed by atoms with E-state index in [4.69, 9.17) is 5.26 Å². The van der Waals surface area contributed by atoms with Crippen LogP contribution in [0.1, 0.15) is 27.2 Å². The van der Waals surface area contributed by atoms with Crippen LogP contribution in [0, 0.1) is 29.1 Å². The van der Waals surface area contributed by atoms with Crippen molar-refractivity contribution in [1.29, 1.82) is 5.26 Å². The average molecular weight is 180 g/mol. The van der Waals surface area contributed by atoms with E-state index in [9.17, 15) is 4.79 Å². The Hall–Kier alpha value is -1.04. The number of carbonyl (C=O) groups is 1. The van der Waals surface area contributed by atoms with E-state index in [-0.39, 0.29) is 17.9 Å². The van der Waals surface area contributed by atoms with E-state index in [1.165, 1.54) is 0 Å². The lowest BCUT2D eigenvalue weighted by atomic mass is 10.1. The molecule has 1 saturated carbocycles. The summed E-state index contributed by atoms with van der Waals surface area (Å²) in [6.07, 6.45) is 0.988. The zero-order valence-electron chi connectivity index (χ0n) is 8.37. The molecular formula is C10H16N2O. The number of rotatable bonds is 3. The van der Waals surface area contributed by atoms with Gasteiger partial charge in [-0.15, -0.1) is 0 Å². The molecule has 0 radical (unpaired) electrons. The van der Waals surface area contributed by atoms with Crippen molar-refractivity contribution in [3.8, 4) is 6.07 Å². The Labute approximate surface area is 79.1 Å². The summed E-state index contributed by atoms with van der Waals surface area (Å²) in [6, 6.07) is 1.63. The van der Waals surface area contributed by atoms with Crippen molar-refractivity contribution in [3.05, 3.63) is 0 Å². The maximum Gasteiger partial charge on any atom is 0.224 e. The molecule has 3 unspecified atom stereocenters. The van der Waals surface area contributed by atoms with Gasteiger partial charge in [0.05, 0.1) is 6.07 Å². The van der Waals surface area contributed by atoms with Crippen molar-refractivity contribution in [3.63, 3.8) is 0 Å². The lowest BCUT2D eigenvalue weighted by Gasteiger charge is -2.06. The SMILES string of the molecule is CC(C#N)NC(=O)C1CC1C(C)C. The molecule has 3 heteroatoms. The van der Waals surface area contributed by atoms with Crippen molar-refractivity contribution in [2.24, 2.45) is 17.8 Å². The van der Waals surface area contributed by atoms with Crippen LogP contribution in [-0.4, -0.2) is 11.9 Å². The number of carbonyl (C=O) groups excluding carboxylic acids is 1. The van der Waals surface area contributed by atoms with Crippen molar-refractivity contribution >= 4 is 5.91 Å². The molecular weight excluding hydrogens is 164 g/mol. The predicted octanol–water partition coefficient (Wildman–Crippen LogP) is 1.31. The summed E-state index contributed by atoms with van der Waals surface area (Å²) < 4.78 is 0. The van der Waals surface area contributed by atoms with Crippen LogP contribution in [0.4, 0.5) is 0 Å². The van der Waals surface area contributed by atoms with Gasteiger partial charge in [-0.2, -0.15) is 5.26 Å². The third-order valence-corrected chi connectivity index (χ3v) is 2.59. The van der Waals surface area contributed by atoms with Crippen LogP contribution in [0.2, 0.25) is 0 Å². The van der Waals surface area contributed by atoms with Crippen LogP contribution in [0.3, 0.4) is 0 Å². The first-order valence-corrected chi connectivity index (χ1v) is 4.76. The van der Waals surface area contributed by atoms with Crippen molar-refractivity contribution < 1.29 is 4.79 Å². The highest BCUT2D eigenvalue weighted by atomic mass is 16.2. The van der Waals surface area contributed by atoms with Crippen molar-refractivity contribution in [2.45, 2.75) is 33.2 Å². The van der Waals surface area contributed by atoms with Crippen LogP contribution in [0.5, 0.6) is 0 Å². The van der Waals surface area contributed by atoms with Crippen LogP contribution >= 0.6 is 0 Å². The molecule has 0 heterocycles. The van der Waals surface area contributed by atoms with Crippen LogP contribution in [0.15, 0.2) is 0 Å². The summed E-state index contributed by atoms with van der Waals surface area (Å²) in [7, 11) is 0. The third-order valence-electron chi connectivity index (χ3n) is 2.59. The smallest absolute Gasteiger partial charge is 0.224 e. The number of nitrogens with zero attached hydrogens (tertiary/aromatic N) is 1. The molecule has 1 N–H and O–H groups in total. The highest BCUT2D eigenvalue weighted by Crippen LogP contribution is 2.44. The number of nitrogens with one attached hydrogen (secondary N) is 1. The van der Waals surface area contributed by atoms with Gasteiger partial charge in [0.1, 0.15) is 6.04 Å². The van der Waals surface area contributed by atoms with Gasteiger partial charge in [0.2, 0.25) is 5.91 Å². The Bertz CT molecular complexity index is 242. The topological polar surface area (TPSA) is 52.9 Å². The minimum absolute atomic E-state index is 0.0488. The summed E-state index contributed by atoms with van der Waals surface area (Å²) in [5, 5.41) is 11.2. The molecule has 0 saturated heterocycles. The number of amides is 1. The fourth-order valence-electron chi connectivity index (χ4n) is 1.61. The second-order valence-corrected chi connectivity index (χ2v) is 4.11. The summed E-state index contributed by atoms with van der Waals surface area (Å²) in [6.45, 7) is 5.96. The van der Waals surface area contributed by atoms with Gasteiger partial charge >= 0.3 is 0 Å². The summed E-state index contributed by atoms with van der Waals surface area (Å²) in [5.41, 5.74) is 0. The van der Waals surface area contributed by atoms with Gasteiger partial charge in [0, 0.05) is 5.92 Å². The van der Waals surface area contributed by atoms with E-state index < -0.39 is 0 Å². The molecule has 3 atom stereocenters. The van der Waals surface area contributed by atoms with Crippen molar-refractivity contribution in [2.75, 3.05) is 0 Å². The van der Waals surface area contributed by atoms with Crippen LogP contribution < -0.4 is 5.32 Å². The van der Waals surface area contributed by atoms with Gasteiger partial charge in [-0.1, -0.05) is 13.8 Å². The molecule has 1 amide bonds. The summed E-state index contributed by atoms with van der Waals surface area (Å²) in [5.74, 6) is 1.32. The molecule has 0 aromatic carbocycles. The predicted molar refractivity (Wildman–Crippen MR) is 49.7 cm³/mol. The molecule has 13 heavy (non-hydrogen) atoms. The zero-order chi connectivity index (χ0) is 10.0. The van der Waals surface area contributed by atoms with Crippen molar-refractivity contribution in [1.82, 2.24) is 5.32 Å². The monoisotopic (exact) mass is 180 g/mol. The number of hydrogen-bond donors (Lipinski definition) is 1. The second-order valence-electron chi connectivity index (χ2n) is 4.11. The Balaban J connectivity index is 2.32.